The van der Waals surface area contributed by atoms with Gasteiger partial charge in [-0.3, -0.25) is 0 Å². The molecule has 0 amide bonds. The minimum absolute atomic E-state index is 0.0955. The fraction of sp³-hybridized carbons (Fsp3) is 1.00. The molecule has 2 aliphatic rings. The summed E-state index contributed by atoms with van der Waals surface area (Å²) in [5.41, 5.74) is 0. The highest BCUT2D eigenvalue weighted by atomic mass is 35.5. The summed E-state index contributed by atoms with van der Waals surface area (Å²) in [5, 5.41) is 38.7. The number of rotatable bonds is 5. The van der Waals surface area contributed by atoms with E-state index in [1.54, 1.807) is 0 Å². The molecular weight excluding hydrogens is 398 g/mol. The summed E-state index contributed by atoms with van der Waals surface area (Å²) < 4.78 is 16.4. The summed E-state index contributed by atoms with van der Waals surface area (Å²) in [6.07, 6.45) is -8.61. The van der Waals surface area contributed by atoms with Gasteiger partial charge < -0.3 is 34.6 Å². The van der Waals surface area contributed by atoms with Crippen molar-refractivity contribution in [1.82, 2.24) is 0 Å². The number of aliphatic hydroxyl groups is 4. The topological polar surface area (TPSA) is 109 Å². The standard InChI is InChI=1S/C12H18Cl4O7/c13-1-4-7(17)9(19)6(16)11(21-4)23-12(3-15)10(20)8(18)5(2-14)22-12/h4-11,17-20H,1-3H2/t4-,5-,6+,7-,8-,9-,10+,11?,12?/m1/s1. The smallest absolute Gasteiger partial charge is 0.214 e. The van der Waals surface area contributed by atoms with E-state index >= 15 is 0 Å². The largest absolute Gasteiger partial charge is 0.389 e. The summed E-state index contributed by atoms with van der Waals surface area (Å²) in [6, 6.07) is 0. The van der Waals surface area contributed by atoms with Crippen molar-refractivity contribution in [3.63, 3.8) is 0 Å². The van der Waals surface area contributed by atoms with Crippen LogP contribution in [0.3, 0.4) is 0 Å². The van der Waals surface area contributed by atoms with Gasteiger partial charge >= 0.3 is 0 Å². The Morgan fingerprint density at radius 3 is 2.00 bits per heavy atom. The maximum atomic E-state index is 10.2. The third-order valence-corrected chi connectivity index (χ3v) is 5.38. The van der Waals surface area contributed by atoms with Crippen LogP contribution in [0.4, 0.5) is 0 Å². The molecule has 0 spiro atoms. The lowest BCUT2D eigenvalue weighted by Gasteiger charge is -2.43. The van der Waals surface area contributed by atoms with Crippen molar-refractivity contribution in [3.8, 4) is 0 Å². The molecule has 7 nitrogen and oxygen atoms in total. The number of hydrogen-bond acceptors (Lipinski definition) is 7. The van der Waals surface area contributed by atoms with E-state index in [0.717, 1.165) is 0 Å². The van der Waals surface area contributed by atoms with Crippen LogP contribution in [0.5, 0.6) is 0 Å². The number of aliphatic hydroxyl groups excluding tert-OH is 4. The average Bonchev–Trinajstić information content (AvgIpc) is 2.80. The van der Waals surface area contributed by atoms with Crippen molar-refractivity contribution in [1.29, 1.82) is 0 Å². The van der Waals surface area contributed by atoms with E-state index in [1.165, 1.54) is 0 Å². The van der Waals surface area contributed by atoms with Crippen molar-refractivity contribution in [3.05, 3.63) is 0 Å². The maximum Gasteiger partial charge on any atom is 0.214 e. The van der Waals surface area contributed by atoms with Crippen LogP contribution in [0.25, 0.3) is 0 Å². The predicted molar refractivity (Wildman–Crippen MR) is 83.2 cm³/mol. The van der Waals surface area contributed by atoms with E-state index in [2.05, 4.69) is 0 Å². The number of alkyl halides is 4. The molecule has 136 valence electrons. The minimum Gasteiger partial charge on any atom is -0.389 e. The fourth-order valence-corrected chi connectivity index (χ4v) is 3.58. The van der Waals surface area contributed by atoms with Crippen LogP contribution in [-0.4, -0.2) is 92.1 Å². The fourth-order valence-electron chi connectivity index (χ4n) is 2.54. The van der Waals surface area contributed by atoms with E-state index in [9.17, 15) is 20.4 Å². The third-order valence-electron chi connectivity index (χ3n) is 3.94. The van der Waals surface area contributed by atoms with Crippen LogP contribution in [0.2, 0.25) is 0 Å². The van der Waals surface area contributed by atoms with Crippen molar-refractivity contribution in [2.24, 2.45) is 0 Å². The molecule has 0 aromatic heterocycles. The van der Waals surface area contributed by atoms with Gasteiger partial charge in [-0.15, -0.1) is 46.4 Å². The molecule has 0 bridgehead atoms. The second-order valence-electron chi connectivity index (χ2n) is 5.43. The second-order valence-corrected chi connectivity index (χ2v) is 6.82. The summed E-state index contributed by atoms with van der Waals surface area (Å²) in [4.78, 5) is 0. The zero-order chi connectivity index (χ0) is 17.4. The Morgan fingerprint density at radius 1 is 0.913 bits per heavy atom. The highest BCUT2D eigenvalue weighted by molar-refractivity contribution is 6.21. The molecule has 0 aromatic rings. The van der Waals surface area contributed by atoms with Crippen molar-refractivity contribution in [2.45, 2.75) is 54.1 Å². The van der Waals surface area contributed by atoms with Crippen molar-refractivity contribution >= 4 is 46.4 Å². The highest BCUT2D eigenvalue weighted by Crippen LogP contribution is 2.38. The molecule has 2 fully saturated rings. The first-order valence-corrected chi connectivity index (χ1v) is 8.90. The Morgan fingerprint density at radius 2 is 1.52 bits per heavy atom. The molecule has 2 aliphatic heterocycles. The van der Waals surface area contributed by atoms with Crippen LogP contribution >= 0.6 is 46.4 Å². The van der Waals surface area contributed by atoms with Gasteiger partial charge in [-0.25, -0.2) is 0 Å². The van der Waals surface area contributed by atoms with E-state index in [4.69, 9.17) is 60.6 Å². The van der Waals surface area contributed by atoms with Gasteiger partial charge in [0.25, 0.3) is 0 Å². The van der Waals surface area contributed by atoms with Gasteiger partial charge in [0.15, 0.2) is 6.29 Å². The molecule has 23 heavy (non-hydrogen) atoms. The first kappa shape index (κ1) is 20.2. The van der Waals surface area contributed by atoms with E-state index in [0.29, 0.717) is 0 Å². The molecule has 9 atom stereocenters. The Kier molecular flexibility index (Phi) is 7.07. The lowest BCUT2D eigenvalue weighted by atomic mass is 10.0. The molecule has 11 heteroatoms. The van der Waals surface area contributed by atoms with Crippen LogP contribution in [0.1, 0.15) is 0 Å². The highest BCUT2D eigenvalue weighted by Gasteiger charge is 2.58. The number of halogens is 4. The molecule has 0 saturated carbocycles. The molecule has 2 rings (SSSR count). The summed E-state index contributed by atoms with van der Waals surface area (Å²) in [5.74, 6) is -2.39. The maximum absolute atomic E-state index is 10.2. The van der Waals surface area contributed by atoms with Gasteiger partial charge in [-0.2, -0.15) is 0 Å². The van der Waals surface area contributed by atoms with E-state index in [1.807, 2.05) is 0 Å². The Balaban J connectivity index is 2.18. The molecular formula is C12H18Cl4O7. The average molecular weight is 416 g/mol. The van der Waals surface area contributed by atoms with Crippen molar-refractivity contribution < 1.29 is 34.6 Å². The summed E-state index contributed by atoms with van der Waals surface area (Å²) in [6.45, 7) is 0. The van der Waals surface area contributed by atoms with Gasteiger partial charge in [0.2, 0.25) is 5.79 Å². The van der Waals surface area contributed by atoms with E-state index < -0.39 is 54.1 Å². The van der Waals surface area contributed by atoms with Gasteiger partial charge in [0.1, 0.15) is 42.0 Å². The minimum atomic E-state index is -1.82. The molecule has 0 radical (unpaired) electrons. The predicted octanol–water partition coefficient (Wildman–Crippen LogP) is -0.410. The van der Waals surface area contributed by atoms with Crippen LogP contribution in [0.15, 0.2) is 0 Å². The van der Waals surface area contributed by atoms with Crippen LogP contribution in [-0.2, 0) is 14.2 Å². The quantitative estimate of drug-likeness (QED) is 0.452. The van der Waals surface area contributed by atoms with Gasteiger partial charge in [0.05, 0.1) is 17.6 Å². The summed E-state index contributed by atoms with van der Waals surface area (Å²) in [7, 11) is 0. The first-order chi connectivity index (χ1) is 10.8. The zero-order valence-electron chi connectivity index (χ0n) is 11.8. The van der Waals surface area contributed by atoms with E-state index in [-0.39, 0.29) is 17.6 Å². The lowest BCUT2D eigenvalue weighted by molar-refractivity contribution is -0.340. The van der Waals surface area contributed by atoms with Gasteiger partial charge in [-0.1, -0.05) is 0 Å². The third kappa shape index (κ3) is 3.71. The monoisotopic (exact) mass is 414 g/mol. The molecule has 0 aromatic carbocycles. The molecule has 2 heterocycles. The van der Waals surface area contributed by atoms with Crippen LogP contribution in [0, 0.1) is 0 Å². The summed E-state index contributed by atoms with van der Waals surface area (Å²) >= 11 is 23.2. The zero-order valence-corrected chi connectivity index (χ0v) is 14.8. The molecule has 0 aliphatic carbocycles. The lowest BCUT2D eigenvalue weighted by Crippen LogP contribution is -2.60. The van der Waals surface area contributed by atoms with Gasteiger partial charge in [-0.05, 0) is 0 Å². The van der Waals surface area contributed by atoms with Gasteiger partial charge in [0, 0.05) is 0 Å². The number of ether oxygens (including phenoxy) is 3. The first-order valence-electron chi connectivity index (χ1n) is 6.86. The normalized spacial score (nSPS) is 51.1. The SMILES string of the molecule is O[C@@H]1[C@@H](CCl)OC(CCl)(OC2O[C@H](CCl)[C@@H](O)[C@H](O)[C@@H]2Cl)[C@H]1O. The second kappa shape index (κ2) is 8.05. The molecule has 2 saturated heterocycles. The molecule has 2 unspecified atom stereocenters. The van der Waals surface area contributed by atoms with Crippen LogP contribution < -0.4 is 0 Å². The van der Waals surface area contributed by atoms with Crippen molar-refractivity contribution in [2.75, 3.05) is 17.6 Å². The number of hydrogen-bond donors (Lipinski definition) is 4. The Bertz CT molecular complexity index is 404. The Labute approximate surface area is 152 Å². The molecule has 4 N–H and O–H groups in total. The Hall–Kier alpha value is 0.880.